The van der Waals surface area contributed by atoms with E-state index < -0.39 is 6.10 Å². The number of amides is 1. The molecule has 2 rings (SSSR count). The fourth-order valence-electron chi connectivity index (χ4n) is 2.25. The van der Waals surface area contributed by atoms with Crippen LogP contribution in [0.3, 0.4) is 0 Å². The highest BCUT2D eigenvalue weighted by Crippen LogP contribution is 2.18. The molecule has 2 unspecified atom stereocenters. The maximum absolute atomic E-state index is 12.2. The molecular formula is C14H20ClN3O2. The van der Waals surface area contributed by atoms with E-state index in [0.29, 0.717) is 23.9 Å². The van der Waals surface area contributed by atoms with E-state index in [9.17, 15) is 9.90 Å². The summed E-state index contributed by atoms with van der Waals surface area (Å²) in [4.78, 5) is 19.9. The average Bonchev–Trinajstić information content (AvgIpc) is 2.42. The van der Waals surface area contributed by atoms with Gasteiger partial charge >= 0.3 is 0 Å². The minimum Gasteiger partial charge on any atom is -0.391 e. The van der Waals surface area contributed by atoms with E-state index in [1.807, 2.05) is 14.0 Å². The molecule has 1 amide bonds. The average molecular weight is 298 g/mol. The fourth-order valence-corrected chi connectivity index (χ4v) is 2.36. The van der Waals surface area contributed by atoms with Crippen LogP contribution < -0.4 is 4.90 Å². The predicted octanol–water partition coefficient (Wildman–Crippen LogP) is 1.40. The van der Waals surface area contributed by atoms with Gasteiger partial charge in [0, 0.05) is 26.3 Å². The molecule has 0 bridgehead atoms. The Balaban J connectivity index is 1.92. The highest BCUT2D eigenvalue weighted by atomic mass is 35.5. The number of anilines is 1. The lowest BCUT2D eigenvalue weighted by atomic mass is 9.96. The summed E-state index contributed by atoms with van der Waals surface area (Å²) >= 11 is 5.79. The van der Waals surface area contributed by atoms with Gasteiger partial charge in [-0.1, -0.05) is 18.5 Å². The molecule has 1 aromatic rings. The molecule has 2 heterocycles. The van der Waals surface area contributed by atoms with Crippen molar-refractivity contribution in [2.24, 2.45) is 5.92 Å². The third-order valence-electron chi connectivity index (χ3n) is 3.75. The standard InChI is InChI=1S/C14H20ClN3O2/c1-10-5-6-18(8-12(10)19)14(20)9-17(2)13-4-3-11(15)7-16-13/h3-4,7,10,12,19H,5-6,8-9H2,1-2H3. The monoisotopic (exact) mass is 297 g/mol. The lowest BCUT2D eigenvalue weighted by Gasteiger charge is -2.35. The van der Waals surface area contributed by atoms with E-state index in [1.165, 1.54) is 0 Å². The molecule has 0 aliphatic carbocycles. The number of β-amino-alcohol motifs (C(OH)–C–C–N with tert-alkyl or cyclic N) is 1. The largest absolute Gasteiger partial charge is 0.391 e. The number of nitrogens with zero attached hydrogens (tertiary/aromatic N) is 3. The molecule has 0 radical (unpaired) electrons. The smallest absolute Gasteiger partial charge is 0.242 e. The van der Waals surface area contributed by atoms with Gasteiger partial charge in [-0.3, -0.25) is 4.79 Å². The highest BCUT2D eigenvalue weighted by Gasteiger charge is 2.27. The fraction of sp³-hybridized carbons (Fsp3) is 0.571. The van der Waals surface area contributed by atoms with Crippen molar-refractivity contribution >= 4 is 23.3 Å². The topological polar surface area (TPSA) is 56.7 Å². The molecule has 6 heteroatoms. The van der Waals surface area contributed by atoms with Crippen LogP contribution in [-0.2, 0) is 4.79 Å². The number of pyridine rings is 1. The van der Waals surface area contributed by atoms with Crippen LogP contribution in [0.2, 0.25) is 5.02 Å². The molecule has 20 heavy (non-hydrogen) atoms. The van der Waals surface area contributed by atoms with Gasteiger partial charge < -0.3 is 14.9 Å². The Hall–Kier alpha value is -1.33. The summed E-state index contributed by atoms with van der Waals surface area (Å²) in [5, 5.41) is 10.4. The summed E-state index contributed by atoms with van der Waals surface area (Å²) in [6.45, 7) is 3.38. The van der Waals surface area contributed by atoms with E-state index in [1.54, 1.807) is 28.1 Å². The van der Waals surface area contributed by atoms with Gasteiger partial charge in [0.1, 0.15) is 5.82 Å². The van der Waals surface area contributed by atoms with Crippen molar-refractivity contribution in [3.63, 3.8) is 0 Å². The van der Waals surface area contributed by atoms with Crippen LogP contribution in [0.15, 0.2) is 18.3 Å². The molecule has 0 aromatic carbocycles. The van der Waals surface area contributed by atoms with Crippen LogP contribution in [0.4, 0.5) is 5.82 Å². The van der Waals surface area contributed by atoms with Crippen molar-refractivity contribution in [3.05, 3.63) is 23.4 Å². The second-order valence-corrected chi connectivity index (χ2v) is 5.80. The molecule has 0 saturated carbocycles. The Morgan fingerprint density at radius 2 is 2.35 bits per heavy atom. The van der Waals surface area contributed by atoms with Gasteiger partial charge in [-0.05, 0) is 24.5 Å². The molecule has 1 saturated heterocycles. The van der Waals surface area contributed by atoms with E-state index in [4.69, 9.17) is 11.6 Å². The zero-order valence-electron chi connectivity index (χ0n) is 11.8. The van der Waals surface area contributed by atoms with Gasteiger partial charge in [0.2, 0.25) is 5.91 Å². The van der Waals surface area contributed by atoms with Crippen LogP contribution in [0, 0.1) is 5.92 Å². The summed E-state index contributed by atoms with van der Waals surface area (Å²) in [5.41, 5.74) is 0. The van der Waals surface area contributed by atoms with E-state index in [0.717, 1.165) is 6.42 Å². The molecule has 0 spiro atoms. The van der Waals surface area contributed by atoms with Crippen molar-refractivity contribution in [1.82, 2.24) is 9.88 Å². The van der Waals surface area contributed by atoms with Gasteiger partial charge in [-0.2, -0.15) is 0 Å². The molecule has 110 valence electrons. The number of carbonyl (C=O) groups excluding carboxylic acids is 1. The number of aromatic nitrogens is 1. The maximum atomic E-state index is 12.2. The first-order valence-corrected chi connectivity index (χ1v) is 7.13. The summed E-state index contributed by atoms with van der Waals surface area (Å²) in [6, 6.07) is 3.53. The Morgan fingerprint density at radius 1 is 1.60 bits per heavy atom. The van der Waals surface area contributed by atoms with E-state index >= 15 is 0 Å². The molecule has 5 nitrogen and oxygen atoms in total. The lowest BCUT2D eigenvalue weighted by molar-refractivity contribution is -0.133. The predicted molar refractivity (Wildman–Crippen MR) is 78.9 cm³/mol. The summed E-state index contributed by atoms with van der Waals surface area (Å²) in [6.07, 6.45) is 1.98. The lowest BCUT2D eigenvalue weighted by Crippen LogP contribution is -2.48. The number of aliphatic hydroxyl groups is 1. The van der Waals surface area contributed by atoms with Crippen molar-refractivity contribution in [2.45, 2.75) is 19.4 Å². The SMILES string of the molecule is CC1CCN(C(=O)CN(C)c2ccc(Cl)cn2)CC1O. The Kier molecular flexibility index (Phi) is 4.83. The van der Waals surface area contributed by atoms with Gasteiger partial charge in [0.25, 0.3) is 0 Å². The minimum atomic E-state index is -0.424. The zero-order chi connectivity index (χ0) is 14.7. The van der Waals surface area contributed by atoms with Crippen molar-refractivity contribution < 1.29 is 9.90 Å². The third kappa shape index (κ3) is 3.61. The number of hydrogen-bond donors (Lipinski definition) is 1. The second-order valence-electron chi connectivity index (χ2n) is 5.36. The van der Waals surface area contributed by atoms with Gasteiger partial charge in [0.05, 0.1) is 17.7 Å². The summed E-state index contributed by atoms with van der Waals surface area (Å²) < 4.78 is 0. The first-order chi connectivity index (χ1) is 9.47. The number of halogens is 1. The number of likely N-dealkylation sites (N-methyl/N-ethyl adjacent to an activating group) is 1. The second kappa shape index (κ2) is 6.41. The first-order valence-electron chi connectivity index (χ1n) is 6.76. The third-order valence-corrected chi connectivity index (χ3v) is 3.97. The van der Waals surface area contributed by atoms with E-state index in [2.05, 4.69) is 4.98 Å². The van der Waals surface area contributed by atoms with Crippen LogP contribution in [-0.4, -0.2) is 53.7 Å². The zero-order valence-corrected chi connectivity index (χ0v) is 12.5. The number of piperidine rings is 1. The van der Waals surface area contributed by atoms with Crippen LogP contribution in [0.1, 0.15) is 13.3 Å². The molecule has 1 aliphatic rings. The number of hydrogen-bond acceptors (Lipinski definition) is 4. The normalized spacial score (nSPS) is 22.7. The number of aliphatic hydroxyl groups excluding tert-OH is 1. The molecule has 1 aliphatic heterocycles. The molecule has 1 N–H and O–H groups in total. The van der Waals surface area contributed by atoms with Crippen LogP contribution in [0.25, 0.3) is 0 Å². The number of carbonyl (C=O) groups is 1. The van der Waals surface area contributed by atoms with Gasteiger partial charge in [0.15, 0.2) is 0 Å². The summed E-state index contributed by atoms with van der Waals surface area (Å²) in [7, 11) is 1.82. The number of rotatable bonds is 3. The molecule has 2 atom stereocenters. The Bertz CT molecular complexity index is 466. The summed E-state index contributed by atoms with van der Waals surface area (Å²) in [5.74, 6) is 0.971. The Labute approximate surface area is 124 Å². The van der Waals surface area contributed by atoms with Crippen LogP contribution >= 0.6 is 11.6 Å². The van der Waals surface area contributed by atoms with Gasteiger partial charge in [-0.25, -0.2) is 4.98 Å². The molecule has 1 aromatic heterocycles. The molecular weight excluding hydrogens is 278 g/mol. The Morgan fingerprint density at radius 3 is 2.95 bits per heavy atom. The van der Waals surface area contributed by atoms with Gasteiger partial charge in [-0.15, -0.1) is 0 Å². The van der Waals surface area contributed by atoms with Crippen molar-refractivity contribution in [1.29, 1.82) is 0 Å². The minimum absolute atomic E-state index is 0.00944. The molecule has 1 fully saturated rings. The quantitative estimate of drug-likeness (QED) is 0.916. The first kappa shape index (κ1) is 15.1. The van der Waals surface area contributed by atoms with Crippen LogP contribution in [0.5, 0.6) is 0 Å². The van der Waals surface area contributed by atoms with E-state index in [-0.39, 0.29) is 18.4 Å². The maximum Gasteiger partial charge on any atom is 0.242 e. The highest BCUT2D eigenvalue weighted by molar-refractivity contribution is 6.30. The number of likely N-dealkylation sites (tertiary alicyclic amines) is 1. The van der Waals surface area contributed by atoms with Crippen molar-refractivity contribution in [2.75, 3.05) is 31.6 Å². The van der Waals surface area contributed by atoms with Crippen molar-refractivity contribution in [3.8, 4) is 0 Å².